The van der Waals surface area contributed by atoms with Crippen LogP contribution in [0.4, 0.5) is 0 Å². The first kappa shape index (κ1) is 14.6. The molecule has 1 unspecified atom stereocenters. The molecule has 1 heterocycles. The molecule has 1 atom stereocenters. The fraction of sp³-hybridized carbons (Fsp3) is 0.909. The molecule has 0 radical (unpaired) electrons. The third-order valence-electron chi connectivity index (χ3n) is 3.32. The summed E-state index contributed by atoms with van der Waals surface area (Å²) >= 11 is 1.91. The lowest BCUT2D eigenvalue weighted by Crippen LogP contribution is -2.53. The van der Waals surface area contributed by atoms with Gasteiger partial charge in [0.25, 0.3) is 0 Å². The van der Waals surface area contributed by atoms with Crippen molar-refractivity contribution in [3.8, 4) is 0 Å². The van der Waals surface area contributed by atoms with Crippen LogP contribution in [-0.2, 0) is 0 Å². The lowest BCUT2D eigenvalue weighted by Gasteiger charge is -2.37. The zero-order chi connectivity index (χ0) is 12.7. The van der Waals surface area contributed by atoms with Crippen LogP contribution in [0.15, 0.2) is 5.16 Å². The number of nitrogens with two attached hydrogens (primary N) is 1. The van der Waals surface area contributed by atoms with Crippen molar-refractivity contribution in [2.45, 2.75) is 19.4 Å². The molecular weight excluding hydrogens is 236 g/mol. The van der Waals surface area contributed by atoms with Crippen LogP contribution in [0.2, 0.25) is 0 Å². The van der Waals surface area contributed by atoms with Crippen molar-refractivity contribution in [2.75, 3.05) is 44.7 Å². The maximum Gasteiger partial charge on any atom is 0.156 e. The number of nitrogens with zero attached hydrogens (tertiary/aromatic N) is 3. The van der Waals surface area contributed by atoms with Gasteiger partial charge in [-0.25, -0.2) is 0 Å². The highest BCUT2D eigenvalue weighted by atomic mass is 32.2. The van der Waals surface area contributed by atoms with E-state index in [9.17, 15) is 0 Å². The van der Waals surface area contributed by atoms with Gasteiger partial charge < -0.3 is 15.8 Å². The summed E-state index contributed by atoms with van der Waals surface area (Å²) in [6.45, 7) is 7.33. The Balaban J connectivity index is 2.25. The predicted octanol–water partition coefficient (Wildman–Crippen LogP) is 0.492. The standard InChI is InChI=1S/C11H24N4OS/c1-10(11(12)13-16)15-7-5-14(6-8-15)4-3-9-17-2/h10,16H,3-9H2,1-2H3,(H2,12,13). The number of amidine groups is 1. The van der Waals surface area contributed by atoms with Gasteiger partial charge in [0.05, 0.1) is 6.04 Å². The molecule has 5 nitrogen and oxygen atoms in total. The van der Waals surface area contributed by atoms with Crippen LogP contribution in [0.1, 0.15) is 13.3 Å². The van der Waals surface area contributed by atoms with Gasteiger partial charge in [0, 0.05) is 26.2 Å². The fourth-order valence-corrected chi connectivity index (χ4v) is 2.50. The molecule has 0 aromatic heterocycles. The van der Waals surface area contributed by atoms with E-state index >= 15 is 0 Å². The average Bonchev–Trinajstić information content (AvgIpc) is 2.38. The Bertz CT molecular complexity index is 242. The average molecular weight is 260 g/mol. The number of piperazine rings is 1. The van der Waals surface area contributed by atoms with Gasteiger partial charge >= 0.3 is 0 Å². The normalized spacial score (nSPS) is 21.6. The summed E-state index contributed by atoms with van der Waals surface area (Å²) in [5, 5.41) is 11.7. The van der Waals surface area contributed by atoms with E-state index in [2.05, 4.69) is 21.2 Å². The van der Waals surface area contributed by atoms with E-state index in [1.807, 2.05) is 18.7 Å². The first-order chi connectivity index (χ1) is 8.19. The van der Waals surface area contributed by atoms with Gasteiger partial charge in [-0.05, 0) is 31.9 Å². The molecule has 0 aromatic rings. The molecule has 0 spiro atoms. The lowest BCUT2D eigenvalue weighted by atomic mass is 10.2. The Kier molecular flexibility index (Phi) is 6.69. The van der Waals surface area contributed by atoms with Gasteiger partial charge in [0.2, 0.25) is 0 Å². The molecule has 0 bridgehead atoms. The summed E-state index contributed by atoms with van der Waals surface area (Å²) < 4.78 is 0. The third kappa shape index (κ3) is 4.73. The molecule has 1 rings (SSSR count). The van der Waals surface area contributed by atoms with Crippen LogP contribution < -0.4 is 5.73 Å². The van der Waals surface area contributed by atoms with Crippen LogP contribution in [-0.4, -0.2) is 71.6 Å². The first-order valence-corrected chi connectivity index (χ1v) is 7.51. The Hall–Kier alpha value is -0.460. The molecule has 0 saturated carbocycles. The van der Waals surface area contributed by atoms with Crippen molar-refractivity contribution >= 4 is 17.6 Å². The summed E-state index contributed by atoms with van der Waals surface area (Å²) in [6, 6.07) is 0.0355. The molecule has 17 heavy (non-hydrogen) atoms. The molecule has 6 heteroatoms. The van der Waals surface area contributed by atoms with Crippen molar-refractivity contribution < 1.29 is 5.21 Å². The number of oxime groups is 1. The number of rotatable bonds is 6. The van der Waals surface area contributed by atoms with Crippen LogP contribution in [0.3, 0.4) is 0 Å². The van der Waals surface area contributed by atoms with E-state index in [0.29, 0.717) is 5.84 Å². The second-order valence-corrected chi connectivity index (χ2v) is 5.41. The highest BCUT2D eigenvalue weighted by Gasteiger charge is 2.22. The van der Waals surface area contributed by atoms with Crippen LogP contribution in [0, 0.1) is 0 Å². The second-order valence-electron chi connectivity index (χ2n) is 4.42. The molecule has 1 aliphatic heterocycles. The minimum absolute atomic E-state index is 0.0355. The predicted molar refractivity (Wildman–Crippen MR) is 73.9 cm³/mol. The van der Waals surface area contributed by atoms with Gasteiger partial charge in [0.1, 0.15) is 0 Å². The minimum Gasteiger partial charge on any atom is -0.409 e. The highest BCUT2D eigenvalue weighted by molar-refractivity contribution is 7.98. The SMILES string of the molecule is CSCCCN1CCN(C(C)C(N)=NO)CC1. The summed E-state index contributed by atoms with van der Waals surface area (Å²) in [4.78, 5) is 4.76. The molecule has 1 saturated heterocycles. The molecular formula is C11H24N4OS. The zero-order valence-electron chi connectivity index (χ0n) is 10.8. The second kappa shape index (κ2) is 7.79. The van der Waals surface area contributed by atoms with E-state index < -0.39 is 0 Å². The Morgan fingerprint density at radius 1 is 1.41 bits per heavy atom. The molecule has 1 fully saturated rings. The summed E-state index contributed by atoms with van der Waals surface area (Å²) in [5.74, 6) is 1.54. The molecule has 0 aromatic carbocycles. The molecule has 3 N–H and O–H groups in total. The summed E-state index contributed by atoms with van der Waals surface area (Å²) in [6.07, 6.45) is 3.41. The molecule has 0 amide bonds. The van der Waals surface area contributed by atoms with E-state index in [1.165, 1.54) is 18.7 Å². The molecule has 1 aliphatic rings. The van der Waals surface area contributed by atoms with E-state index in [0.717, 1.165) is 26.2 Å². The maximum atomic E-state index is 8.65. The largest absolute Gasteiger partial charge is 0.409 e. The zero-order valence-corrected chi connectivity index (χ0v) is 11.6. The fourth-order valence-electron chi connectivity index (χ4n) is 2.08. The Morgan fingerprint density at radius 2 is 2.06 bits per heavy atom. The Labute approximate surface area is 108 Å². The van der Waals surface area contributed by atoms with Gasteiger partial charge in [-0.15, -0.1) is 0 Å². The van der Waals surface area contributed by atoms with Gasteiger partial charge in [0.15, 0.2) is 5.84 Å². The van der Waals surface area contributed by atoms with Crippen molar-refractivity contribution in [2.24, 2.45) is 10.9 Å². The van der Waals surface area contributed by atoms with Gasteiger partial charge in [-0.1, -0.05) is 5.16 Å². The van der Waals surface area contributed by atoms with E-state index in [1.54, 1.807) is 0 Å². The third-order valence-corrected chi connectivity index (χ3v) is 4.02. The van der Waals surface area contributed by atoms with Gasteiger partial charge in [-0.2, -0.15) is 11.8 Å². The summed E-state index contributed by atoms with van der Waals surface area (Å²) in [5.41, 5.74) is 5.62. The molecule has 0 aliphatic carbocycles. The van der Waals surface area contributed by atoms with Crippen LogP contribution in [0.5, 0.6) is 0 Å². The monoisotopic (exact) mass is 260 g/mol. The number of thioether (sulfide) groups is 1. The lowest BCUT2D eigenvalue weighted by molar-refractivity contribution is 0.121. The minimum atomic E-state index is 0.0355. The van der Waals surface area contributed by atoms with E-state index in [-0.39, 0.29) is 6.04 Å². The van der Waals surface area contributed by atoms with Crippen molar-refractivity contribution in [3.05, 3.63) is 0 Å². The maximum absolute atomic E-state index is 8.65. The molecule has 100 valence electrons. The number of hydrogen-bond acceptors (Lipinski definition) is 5. The van der Waals surface area contributed by atoms with Crippen molar-refractivity contribution in [3.63, 3.8) is 0 Å². The van der Waals surface area contributed by atoms with Crippen molar-refractivity contribution in [1.29, 1.82) is 0 Å². The number of hydrogen-bond donors (Lipinski definition) is 2. The smallest absolute Gasteiger partial charge is 0.156 e. The topological polar surface area (TPSA) is 65.1 Å². The van der Waals surface area contributed by atoms with E-state index in [4.69, 9.17) is 10.9 Å². The first-order valence-electron chi connectivity index (χ1n) is 6.11. The highest BCUT2D eigenvalue weighted by Crippen LogP contribution is 2.07. The van der Waals surface area contributed by atoms with Gasteiger partial charge in [-0.3, -0.25) is 4.90 Å². The van der Waals surface area contributed by atoms with Crippen molar-refractivity contribution in [1.82, 2.24) is 9.80 Å². The summed E-state index contributed by atoms with van der Waals surface area (Å²) in [7, 11) is 0. The van der Waals surface area contributed by atoms with Crippen LogP contribution in [0.25, 0.3) is 0 Å². The van der Waals surface area contributed by atoms with Crippen LogP contribution >= 0.6 is 11.8 Å². The quantitative estimate of drug-likeness (QED) is 0.239. The Morgan fingerprint density at radius 3 is 2.59 bits per heavy atom.